The van der Waals surface area contributed by atoms with Crippen molar-refractivity contribution < 1.29 is 13.2 Å². The Bertz CT molecular complexity index is 3720. The lowest BCUT2D eigenvalue weighted by molar-refractivity contribution is -0.137. The Balaban J connectivity index is 1.17. The number of hydrogen-bond donors (Lipinski definition) is 0. The topological polar surface area (TPSA) is 35.6 Å². The number of hydrogen-bond acceptors (Lipinski definition) is 2. The predicted octanol–water partition coefficient (Wildman–Crippen LogP) is 16.3. The molecule has 67 heavy (non-hydrogen) atoms. The van der Waals surface area contributed by atoms with Crippen molar-refractivity contribution in [2.24, 2.45) is 0 Å². The average molecular weight is 873 g/mol. The summed E-state index contributed by atoms with van der Waals surface area (Å²) in [4.78, 5) is 10.3. The average Bonchev–Trinajstić information content (AvgIpc) is 3.89. The maximum Gasteiger partial charge on any atom is 0.416 e. The Morgan fingerprint density at radius 2 is 0.836 bits per heavy atom. The van der Waals surface area contributed by atoms with Crippen LogP contribution in [0.1, 0.15) is 11.1 Å². The zero-order chi connectivity index (χ0) is 45.2. The molecule has 0 spiro atoms. The minimum atomic E-state index is -4.50. The molecule has 0 saturated carbocycles. The molecular formula is C60H39F3N4. The summed E-state index contributed by atoms with van der Waals surface area (Å²) in [7, 11) is 0. The van der Waals surface area contributed by atoms with Crippen LogP contribution in [0.15, 0.2) is 218 Å². The molecule has 7 heteroatoms. The van der Waals surface area contributed by atoms with Crippen LogP contribution in [0.2, 0.25) is 0 Å². The van der Waals surface area contributed by atoms with Gasteiger partial charge in [-0.1, -0.05) is 157 Å². The van der Waals surface area contributed by atoms with E-state index in [4.69, 9.17) is 9.97 Å². The molecule has 0 saturated heterocycles. The van der Waals surface area contributed by atoms with Crippen molar-refractivity contribution >= 4 is 43.6 Å². The normalized spacial score (nSPS) is 11.9. The van der Waals surface area contributed by atoms with Gasteiger partial charge in [0, 0.05) is 55.0 Å². The first-order chi connectivity index (χ1) is 32.8. The lowest BCUT2D eigenvalue weighted by atomic mass is 9.91. The van der Waals surface area contributed by atoms with Gasteiger partial charge in [0.2, 0.25) is 0 Å². The third-order valence-corrected chi connectivity index (χ3v) is 12.8. The van der Waals surface area contributed by atoms with Crippen LogP contribution in [-0.4, -0.2) is 19.1 Å². The number of aromatic nitrogens is 4. The summed E-state index contributed by atoms with van der Waals surface area (Å²) in [5.74, 6) is 0.565. The summed E-state index contributed by atoms with van der Waals surface area (Å²) in [6, 6.07) is 72.1. The van der Waals surface area contributed by atoms with Gasteiger partial charge in [-0.3, -0.25) is 0 Å². The van der Waals surface area contributed by atoms with Gasteiger partial charge in [-0.25, -0.2) is 9.97 Å². The smallest absolute Gasteiger partial charge is 0.309 e. The fraction of sp³-hybridized carbons (Fsp3) is 0.0333. The van der Waals surface area contributed by atoms with E-state index < -0.39 is 11.7 Å². The fourth-order valence-electron chi connectivity index (χ4n) is 9.65. The van der Waals surface area contributed by atoms with E-state index in [0.29, 0.717) is 17.1 Å². The van der Waals surface area contributed by atoms with E-state index in [2.05, 4.69) is 137 Å². The Morgan fingerprint density at radius 3 is 1.40 bits per heavy atom. The second-order valence-corrected chi connectivity index (χ2v) is 17.0. The Kier molecular flexibility index (Phi) is 9.47. The summed E-state index contributed by atoms with van der Waals surface area (Å²) in [6.45, 7) is 2.06. The number of aryl methyl sites for hydroxylation is 1. The molecule has 0 aliphatic heterocycles. The number of para-hydroxylation sites is 3. The number of alkyl halides is 3. The van der Waals surface area contributed by atoms with E-state index in [1.54, 1.807) is 12.1 Å². The monoisotopic (exact) mass is 872 g/mol. The zero-order valence-electron chi connectivity index (χ0n) is 36.2. The van der Waals surface area contributed by atoms with E-state index in [9.17, 15) is 13.2 Å². The summed E-state index contributed by atoms with van der Waals surface area (Å²) in [5.41, 5.74) is 13.7. The van der Waals surface area contributed by atoms with E-state index in [1.165, 1.54) is 22.9 Å². The van der Waals surface area contributed by atoms with Gasteiger partial charge in [-0.2, -0.15) is 13.2 Å². The maximum absolute atomic E-state index is 14.2. The SMILES string of the molecule is Cc1ccc(-c2cc(-c3cc(-c4ccccc4)nc(-c4ccccc4)n3)cc(-c3ccc(C(F)(F)F)cc3)c2-n2c3ccccc3c3cc(-n4c5ccccc5c5ccccc54)ccc32)cc1. The standard InChI is InChI=1S/C60H39F3N4/c1-38-24-26-39(27-25-38)49-34-43(53-37-52(41-14-4-2-5-15-41)64-59(65-53)42-16-6-3-7-17-42)35-50(40-28-30-44(31-29-40)60(61,62)63)58(49)67-56-23-13-10-20-48(56)51-36-45(32-33-57(51)67)66-54-21-11-8-18-46(54)47-19-9-12-22-55(47)66/h2-37H,1H3. The first-order valence-electron chi connectivity index (χ1n) is 22.2. The van der Waals surface area contributed by atoms with Crippen LogP contribution in [0, 0.1) is 6.92 Å². The summed E-state index contributed by atoms with van der Waals surface area (Å²) in [6.07, 6.45) is -4.50. The Hall–Kier alpha value is -8.55. The molecule has 9 aromatic carbocycles. The van der Waals surface area contributed by atoms with Crippen molar-refractivity contribution in [1.29, 1.82) is 0 Å². The first kappa shape index (κ1) is 40.0. The lowest BCUT2D eigenvalue weighted by Gasteiger charge is -2.22. The van der Waals surface area contributed by atoms with Gasteiger partial charge in [0.1, 0.15) is 0 Å². The molecule has 12 aromatic rings. The molecule has 0 amide bonds. The van der Waals surface area contributed by atoms with Crippen molar-refractivity contribution in [3.8, 4) is 67.5 Å². The van der Waals surface area contributed by atoms with Crippen LogP contribution < -0.4 is 0 Å². The van der Waals surface area contributed by atoms with Crippen molar-refractivity contribution in [3.63, 3.8) is 0 Å². The van der Waals surface area contributed by atoms with E-state index in [-0.39, 0.29) is 0 Å². The first-order valence-corrected chi connectivity index (χ1v) is 22.2. The summed E-state index contributed by atoms with van der Waals surface area (Å²) < 4.78 is 47.3. The van der Waals surface area contributed by atoms with Crippen LogP contribution in [0.4, 0.5) is 13.2 Å². The molecule has 3 heterocycles. The van der Waals surface area contributed by atoms with Gasteiger partial charge in [0.05, 0.1) is 44.7 Å². The third-order valence-electron chi connectivity index (χ3n) is 12.8. The highest BCUT2D eigenvalue weighted by molar-refractivity contribution is 6.13. The highest BCUT2D eigenvalue weighted by Gasteiger charge is 2.31. The number of rotatable bonds is 7. The number of fused-ring (bicyclic) bond motifs is 6. The molecular weight excluding hydrogens is 834 g/mol. The summed E-state index contributed by atoms with van der Waals surface area (Å²) in [5, 5.41) is 4.46. The maximum atomic E-state index is 14.2. The highest BCUT2D eigenvalue weighted by atomic mass is 19.4. The van der Waals surface area contributed by atoms with Crippen molar-refractivity contribution in [1.82, 2.24) is 19.1 Å². The van der Waals surface area contributed by atoms with Crippen LogP contribution in [0.3, 0.4) is 0 Å². The molecule has 3 aromatic heterocycles. The molecule has 0 unspecified atom stereocenters. The molecule has 0 aliphatic carbocycles. The molecule has 4 nitrogen and oxygen atoms in total. The van der Waals surface area contributed by atoms with Gasteiger partial charge in [-0.05, 0) is 84.8 Å². The molecule has 12 rings (SSSR count). The van der Waals surface area contributed by atoms with Gasteiger partial charge >= 0.3 is 6.18 Å². The number of nitrogens with zero attached hydrogens (tertiary/aromatic N) is 4. The van der Waals surface area contributed by atoms with Crippen LogP contribution in [0.25, 0.3) is 111 Å². The quantitative estimate of drug-likeness (QED) is 0.160. The van der Waals surface area contributed by atoms with Gasteiger partial charge in [-0.15, -0.1) is 0 Å². The van der Waals surface area contributed by atoms with Crippen molar-refractivity contribution in [2.45, 2.75) is 13.1 Å². The zero-order valence-corrected chi connectivity index (χ0v) is 36.2. The molecule has 320 valence electrons. The Labute approximate surface area is 384 Å². The minimum Gasteiger partial charge on any atom is -0.309 e. The second-order valence-electron chi connectivity index (χ2n) is 17.0. The van der Waals surface area contributed by atoms with Crippen LogP contribution >= 0.6 is 0 Å². The molecule has 0 atom stereocenters. The van der Waals surface area contributed by atoms with Gasteiger partial charge in [0.15, 0.2) is 5.82 Å². The third kappa shape index (κ3) is 6.95. The van der Waals surface area contributed by atoms with E-state index in [1.807, 2.05) is 72.8 Å². The van der Waals surface area contributed by atoms with Gasteiger partial charge < -0.3 is 9.13 Å². The molecule has 0 aliphatic rings. The van der Waals surface area contributed by atoms with Crippen molar-refractivity contribution in [2.75, 3.05) is 0 Å². The van der Waals surface area contributed by atoms with Gasteiger partial charge in [0.25, 0.3) is 0 Å². The van der Waals surface area contributed by atoms with E-state index >= 15 is 0 Å². The van der Waals surface area contributed by atoms with Crippen LogP contribution in [-0.2, 0) is 6.18 Å². The molecule has 0 radical (unpaired) electrons. The van der Waals surface area contributed by atoms with Crippen LogP contribution in [0.5, 0.6) is 0 Å². The van der Waals surface area contributed by atoms with E-state index in [0.717, 1.165) is 88.9 Å². The lowest BCUT2D eigenvalue weighted by Crippen LogP contribution is -2.05. The largest absolute Gasteiger partial charge is 0.416 e. The molecule has 0 fully saturated rings. The second kappa shape index (κ2) is 15.9. The Morgan fingerprint density at radius 1 is 0.373 bits per heavy atom. The highest BCUT2D eigenvalue weighted by Crippen LogP contribution is 2.45. The summed E-state index contributed by atoms with van der Waals surface area (Å²) >= 11 is 0. The predicted molar refractivity (Wildman–Crippen MR) is 268 cm³/mol. The molecule has 0 N–H and O–H groups in total. The number of benzene rings is 9. The fourth-order valence-corrected chi connectivity index (χ4v) is 9.65. The minimum absolute atomic E-state index is 0.565. The molecule has 0 bridgehead atoms. The van der Waals surface area contributed by atoms with Crippen molar-refractivity contribution in [3.05, 3.63) is 230 Å². The number of halogens is 3.